The molecular formula is C15H15N3S. The minimum atomic E-state index is 0.684. The summed E-state index contributed by atoms with van der Waals surface area (Å²) in [4.78, 5) is 8.81. The van der Waals surface area contributed by atoms with E-state index in [2.05, 4.69) is 16.0 Å². The molecular weight excluding hydrogens is 254 g/mol. The normalized spacial score (nSPS) is 10.2. The zero-order chi connectivity index (χ0) is 13.8. The number of aryl methyl sites for hydroxylation is 1. The Balaban J connectivity index is 2.28. The van der Waals surface area contributed by atoms with Gasteiger partial charge in [0.25, 0.3) is 0 Å². The first kappa shape index (κ1) is 13.6. The van der Waals surface area contributed by atoms with Crippen molar-refractivity contribution in [3.63, 3.8) is 0 Å². The van der Waals surface area contributed by atoms with Crippen molar-refractivity contribution in [2.45, 2.75) is 31.6 Å². The molecule has 0 saturated carbocycles. The molecule has 0 aliphatic rings. The van der Waals surface area contributed by atoms with Crippen LogP contribution in [-0.2, 0) is 5.75 Å². The van der Waals surface area contributed by atoms with Gasteiger partial charge >= 0.3 is 0 Å². The number of aromatic nitrogens is 2. The van der Waals surface area contributed by atoms with Crippen molar-refractivity contribution >= 4 is 11.8 Å². The van der Waals surface area contributed by atoms with Crippen molar-refractivity contribution in [2.75, 3.05) is 0 Å². The number of nitrogens with zero attached hydrogens (tertiary/aromatic N) is 3. The van der Waals surface area contributed by atoms with E-state index in [0.29, 0.717) is 5.56 Å². The standard InChI is InChI=1S/C15H15N3S/c1-10-11(2)14(8-16)15(18-12(10)3)19-9-13-6-4-5-7-17-13/h4-7H,9H2,1-3H3. The summed E-state index contributed by atoms with van der Waals surface area (Å²) < 4.78 is 0. The van der Waals surface area contributed by atoms with E-state index in [9.17, 15) is 5.26 Å². The molecule has 3 nitrogen and oxygen atoms in total. The lowest BCUT2D eigenvalue weighted by atomic mass is 10.1. The van der Waals surface area contributed by atoms with Gasteiger partial charge in [0.15, 0.2) is 0 Å². The first-order valence-corrected chi connectivity index (χ1v) is 7.02. The first-order chi connectivity index (χ1) is 9.13. The summed E-state index contributed by atoms with van der Waals surface area (Å²) in [7, 11) is 0. The number of rotatable bonds is 3. The Morgan fingerprint density at radius 2 is 2.00 bits per heavy atom. The quantitative estimate of drug-likeness (QED) is 0.799. The molecule has 0 saturated heterocycles. The number of hydrogen-bond acceptors (Lipinski definition) is 4. The maximum atomic E-state index is 9.29. The highest BCUT2D eigenvalue weighted by Crippen LogP contribution is 2.28. The predicted molar refractivity (Wildman–Crippen MR) is 77.0 cm³/mol. The van der Waals surface area contributed by atoms with Crippen molar-refractivity contribution in [1.82, 2.24) is 9.97 Å². The second-order valence-corrected chi connectivity index (χ2v) is 5.31. The summed E-state index contributed by atoms with van der Waals surface area (Å²) in [5.41, 5.74) is 4.79. The van der Waals surface area contributed by atoms with E-state index < -0.39 is 0 Å². The van der Waals surface area contributed by atoms with Crippen LogP contribution >= 0.6 is 11.8 Å². The average molecular weight is 269 g/mol. The lowest BCUT2D eigenvalue weighted by Gasteiger charge is -2.10. The molecule has 0 unspecified atom stereocenters. The SMILES string of the molecule is Cc1nc(SCc2ccccn2)c(C#N)c(C)c1C. The molecule has 0 aromatic carbocycles. The van der Waals surface area contributed by atoms with Crippen LogP contribution in [0.4, 0.5) is 0 Å². The van der Waals surface area contributed by atoms with Gasteiger partial charge in [0.05, 0.1) is 11.3 Å². The summed E-state index contributed by atoms with van der Waals surface area (Å²) >= 11 is 1.57. The monoisotopic (exact) mass is 269 g/mol. The van der Waals surface area contributed by atoms with Crippen molar-refractivity contribution in [2.24, 2.45) is 0 Å². The van der Waals surface area contributed by atoms with E-state index in [-0.39, 0.29) is 0 Å². The summed E-state index contributed by atoms with van der Waals surface area (Å²) in [5.74, 6) is 0.727. The van der Waals surface area contributed by atoms with E-state index in [0.717, 1.165) is 33.3 Å². The Morgan fingerprint density at radius 3 is 2.63 bits per heavy atom. The van der Waals surface area contributed by atoms with Crippen LogP contribution < -0.4 is 0 Å². The molecule has 19 heavy (non-hydrogen) atoms. The van der Waals surface area contributed by atoms with Gasteiger partial charge in [-0.2, -0.15) is 5.26 Å². The molecule has 2 aromatic rings. The maximum absolute atomic E-state index is 9.29. The van der Waals surface area contributed by atoms with Crippen LogP contribution in [0.15, 0.2) is 29.4 Å². The molecule has 0 radical (unpaired) electrons. The van der Waals surface area contributed by atoms with Gasteiger partial charge in [-0.05, 0) is 44.0 Å². The molecule has 0 aliphatic heterocycles. The molecule has 0 fully saturated rings. The highest BCUT2D eigenvalue weighted by molar-refractivity contribution is 7.98. The zero-order valence-corrected chi connectivity index (χ0v) is 12.1. The second kappa shape index (κ2) is 5.85. The van der Waals surface area contributed by atoms with Crippen molar-refractivity contribution in [1.29, 1.82) is 5.26 Å². The predicted octanol–water partition coefficient (Wildman–Crippen LogP) is 3.57. The lowest BCUT2D eigenvalue weighted by molar-refractivity contribution is 0.997. The van der Waals surface area contributed by atoms with Crippen molar-refractivity contribution in [3.05, 3.63) is 52.5 Å². The smallest absolute Gasteiger partial charge is 0.115 e. The third kappa shape index (κ3) is 2.94. The molecule has 2 aromatic heterocycles. The highest BCUT2D eigenvalue weighted by Gasteiger charge is 2.12. The van der Waals surface area contributed by atoms with E-state index in [1.165, 1.54) is 0 Å². The number of thioether (sulfide) groups is 1. The highest BCUT2D eigenvalue weighted by atomic mass is 32.2. The topological polar surface area (TPSA) is 49.6 Å². The molecule has 0 bridgehead atoms. The number of nitriles is 1. The maximum Gasteiger partial charge on any atom is 0.115 e. The van der Waals surface area contributed by atoms with Crippen molar-refractivity contribution < 1.29 is 0 Å². The summed E-state index contributed by atoms with van der Waals surface area (Å²) in [6.07, 6.45) is 1.78. The van der Waals surface area contributed by atoms with E-state index in [1.54, 1.807) is 18.0 Å². The number of pyridine rings is 2. The van der Waals surface area contributed by atoms with Gasteiger partial charge in [-0.25, -0.2) is 4.98 Å². The minimum Gasteiger partial charge on any atom is -0.260 e. The third-order valence-electron chi connectivity index (χ3n) is 3.16. The fourth-order valence-corrected chi connectivity index (χ4v) is 2.77. The summed E-state index contributed by atoms with van der Waals surface area (Å²) in [6, 6.07) is 8.11. The Bertz CT molecular complexity index is 630. The molecule has 4 heteroatoms. The van der Waals surface area contributed by atoms with Gasteiger partial charge in [0.1, 0.15) is 11.1 Å². The molecule has 0 spiro atoms. The van der Waals surface area contributed by atoms with Crippen LogP contribution in [0.5, 0.6) is 0 Å². The van der Waals surface area contributed by atoms with Gasteiger partial charge in [-0.3, -0.25) is 4.98 Å². The molecule has 2 rings (SSSR count). The van der Waals surface area contributed by atoms with Gasteiger partial charge < -0.3 is 0 Å². The van der Waals surface area contributed by atoms with E-state index in [1.807, 2.05) is 39.0 Å². The van der Waals surface area contributed by atoms with Crippen LogP contribution in [0, 0.1) is 32.1 Å². The van der Waals surface area contributed by atoms with Gasteiger partial charge in [0.2, 0.25) is 0 Å². The van der Waals surface area contributed by atoms with Crippen LogP contribution in [0.1, 0.15) is 28.1 Å². The largest absolute Gasteiger partial charge is 0.260 e. The summed E-state index contributed by atoms with van der Waals surface area (Å²) in [5, 5.41) is 10.1. The summed E-state index contributed by atoms with van der Waals surface area (Å²) in [6.45, 7) is 5.97. The fourth-order valence-electron chi connectivity index (χ4n) is 1.77. The Hall–Kier alpha value is -1.86. The molecule has 2 heterocycles. The first-order valence-electron chi connectivity index (χ1n) is 6.04. The van der Waals surface area contributed by atoms with Gasteiger partial charge in [-0.1, -0.05) is 17.8 Å². The second-order valence-electron chi connectivity index (χ2n) is 4.35. The van der Waals surface area contributed by atoms with Crippen LogP contribution in [-0.4, -0.2) is 9.97 Å². The fraction of sp³-hybridized carbons (Fsp3) is 0.267. The van der Waals surface area contributed by atoms with Crippen molar-refractivity contribution in [3.8, 4) is 6.07 Å². The van der Waals surface area contributed by atoms with E-state index >= 15 is 0 Å². The third-order valence-corrected chi connectivity index (χ3v) is 4.17. The average Bonchev–Trinajstić information content (AvgIpc) is 2.44. The number of hydrogen-bond donors (Lipinski definition) is 0. The molecule has 0 amide bonds. The van der Waals surface area contributed by atoms with Gasteiger partial charge in [-0.15, -0.1) is 0 Å². The molecule has 96 valence electrons. The minimum absolute atomic E-state index is 0.684. The Morgan fingerprint density at radius 1 is 1.21 bits per heavy atom. The van der Waals surface area contributed by atoms with E-state index in [4.69, 9.17) is 0 Å². The zero-order valence-electron chi connectivity index (χ0n) is 11.3. The van der Waals surface area contributed by atoms with Crippen LogP contribution in [0.2, 0.25) is 0 Å². The lowest BCUT2D eigenvalue weighted by Crippen LogP contribution is -1.99. The Labute approximate surface area is 117 Å². The molecule has 0 N–H and O–H groups in total. The van der Waals surface area contributed by atoms with Crippen LogP contribution in [0.3, 0.4) is 0 Å². The molecule has 0 aliphatic carbocycles. The van der Waals surface area contributed by atoms with Crippen LogP contribution in [0.25, 0.3) is 0 Å². The molecule has 0 atom stereocenters. The Kier molecular flexibility index (Phi) is 4.18. The van der Waals surface area contributed by atoms with Gasteiger partial charge in [0, 0.05) is 17.6 Å².